The van der Waals surface area contributed by atoms with E-state index in [-0.39, 0.29) is 5.91 Å². The predicted octanol–water partition coefficient (Wildman–Crippen LogP) is 4.54. The van der Waals surface area contributed by atoms with Crippen molar-refractivity contribution in [1.82, 2.24) is 9.88 Å². The molecule has 1 N–H and O–H groups in total. The molecule has 0 aliphatic heterocycles. The number of amides is 1. The van der Waals surface area contributed by atoms with E-state index in [1.807, 2.05) is 0 Å². The molecule has 0 saturated carbocycles. The molecule has 1 heterocycles. The van der Waals surface area contributed by atoms with E-state index < -0.39 is 0 Å². The zero-order valence-corrected chi connectivity index (χ0v) is 17.2. The lowest BCUT2D eigenvalue weighted by atomic mass is 10.1. The molecule has 1 amide bonds. The molecule has 28 heavy (non-hydrogen) atoms. The number of para-hydroxylation sites is 1. The zero-order chi connectivity index (χ0) is 19.9. The van der Waals surface area contributed by atoms with Crippen molar-refractivity contribution in [3.05, 3.63) is 65.9 Å². The monoisotopic (exact) mass is 377 g/mol. The smallest absolute Gasteiger partial charge is 0.224 e. The van der Waals surface area contributed by atoms with Gasteiger partial charge in [-0.1, -0.05) is 30.3 Å². The van der Waals surface area contributed by atoms with Crippen LogP contribution in [0, 0.1) is 6.92 Å². The van der Waals surface area contributed by atoms with Crippen LogP contribution in [0.1, 0.15) is 31.5 Å². The Morgan fingerprint density at radius 1 is 1.04 bits per heavy atom. The van der Waals surface area contributed by atoms with Gasteiger partial charge in [-0.05, 0) is 62.4 Å². The lowest BCUT2D eigenvalue weighted by Gasteiger charge is -2.21. The van der Waals surface area contributed by atoms with Gasteiger partial charge >= 0.3 is 0 Å². The van der Waals surface area contributed by atoms with Crippen molar-refractivity contribution in [1.29, 1.82) is 0 Å². The van der Waals surface area contributed by atoms with Crippen molar-refractivity contribution in [3.63, 3.8) is 0 Å². The third-order valence-corrected chi connectivity index (χ3v) is 5.33. The first-order chi connectivity index (χ1) is 13.6. The first-order valence-corrected chi connectivity index (χ1v) is 10.3. The molecule has 2 aromatic carbocycles. The summed E-state index contributed by atoms with van der Waals surface area (Å²) in [5, 5.41) is 4.33. The van der Waals surface area contributed by atoms with E-state index >= 15 is 0 Å². The summed E-state index contributed by atoms with van der Waals surface area (Å²) >= 11 is 0. The van der Waals surface area contributed by atoms with Crippen molar-refractivity contribution in [3.8, 4) is 0 Å². The molecule has 3 rings (SSSR count). The van der Waals surface area contributed by atoms with Crippen LogP contribution in [0.4, 0.5) is 5.69 Å². The van der Waals surface area contributed by atoms with Crippen LogP contribution in [-0.2, 0) is 17.8 Å². The Bertz CT molecular complexity index is 907. The van der Waals surface area contributed by atoms with E-state index in [1.165, 1.54) is 22.3 Å². The molecule has 0 bridgehead atoms. The molecule has 0 unspecified atom stereocenters. The molecule has 0 aliphatic rings. The maximum absolute atomic E-state index is 12.3. The summed E-state index contributed by atoms with van der Waals surface area (Å²) < 4.78 is 2.33. The fourth-order valence-corrected chi connectivity index (χ4v) is 3.77. The third kappa shape index (κ3) is 4.75. The SMILES string of the molecule is CCN(CC)c1ccc(CC(=O)NCCCn2c(C)cc3ccccc32)cc1. The van der Waals surface area contributed by atoms with Crippen LogP contribution in [-0.4, -0.2) is 30.1 Å². The molecular weight excluding hydrogens is 346 g/mol. The number of benzene rings is 2. The number of carbonyl (C=O) groups excluding carboxylic acids is 1. The fourth-order valence-electron chi connectivity index (χ4n) is 3.77. The van der Waals surface area contributed by atoms with Crippen LogP contribution in [0.2, 0.25) is 0 Å². The number of nitrogens with zero attached hydrogens (tertiary/aromatic N) is 2. The molecule has 0 fully saturated rings. The zero-order valence-electron chi connectivity index (χ0n) is 17.2. The van der Waals surface area contributed by atoms with Gasteiger partial charge in [0, 0.05) is 43.1 Å². The van der Waals surface area contributed by atoms with Crippen molar-refractivity contribution in [2.45, 2.75) is 40.2 Å². The maximum atomic E-state index is 12.3. The number of aromatic nitrogens is 1. The van der Waals surface area contributed by atoms with Crippen LogP contribution in [0.3, 0.4) is 0 Å². The Morgan fingerprint density at radius 3 is 2.46 bits per heavy atom. The summed E-state index contributed by atoms with van der Waals surface area (Å²) in [6.07, 6.45) is 1.36. The number of carbonyl (C=O) groups is 1. The minimum Gasteiger partial charge on any atom is -0.372 e. The van der Waals surface area contributed by atoms with Crippen LogP contribution in [0.5, 0.6) is 0 Å². The van der Waals surface area contributed by atoms with E-state index in [0.29, 0.717) is 13.0 Å². The lowest BCUT2D eigenvalue weighted by molar-refractivity contribution is -0.120. The number of aryl methyl sites for hydroxylation is 2. The maximum Gasteiger partial charge on any atom is 0.224 e. The van der Waals surface area contributed by atoms with Gasteiger partial charge in [-0.3, -0.25) is 4.79 Å². The Morgan fingerprint density at radius 2 is 1.75 bits per heavy atom. The highest BCUT2D eigenvalue weighted by Crippen LogP contribution is 2.19. The number of hydrogen-bond donors (Lipinski definition) is 1. The lowest BCUT2D eigenvalue weighted by Crippen LogP contribution is -2.27. The molecule has 0 spiro atoms. The normalized spacial score (nSPS) is 11.0. The van der Waals surface area contributed by atoms with E-state index in [2.05, 4.69) is 90.2 Å². The van der Waals surface area contributed by atoms with Crippen LogP contribution in [0.25, 0.3) is 10.9 Å². The molecule has 3 aromatic rings. The highest BCUT2D eigenvalue weighted by atomic mass is 16.1. The highest BCUT2D eigenvalue weighted by Gasteiger charge is 2.07. The van der Waals surface area contributed by atoms with E-state index in [0.717, 1.165) is 31.6 Å². The average molecular weight is 378 g/mol. The van der Waals surface area contributed by atoms with Gasteiger partial charge in [-0.2, -0.15) is 0 Å². The number of anilines is 1. The van der Waals surface area contributed by atoms with Crippen molar-refractivity contribution in [2.24, 2.45) is 0 Å². The van der Waals surface area contributed by atoms with Gasteiger partial charge in [0.1, 0.15) is 0 Å². The molecule has 0 saturated heterocycles. The van der Waals surface area contributed by atoms with Gasteiger partial charge in [-0.15, -0.1) is 0 Å². The van der Waals surface area contributed by atoms with Gasteiger partial charge in [0.05, 0.1) is 6.42 Å². The van der Waals surface area contributed by atoms with E-state index in [1.54, 1.807) is 0 Å². The fraction of sp³-hybridized carbons (Fsp3) is 0.375. The van der Waals surface area contributed by atoms with Crippen LogP contribution in [0.15, 0.2) is 54.6 Å². The summed E-state index contributed by atoms with van der Waals surface area (Å²) in [5.41, 5.74) is 4.80. The Hall–Kier alpha value is -2.75. The van der Waals surface area contributed by atoms with Gasteiger partial charge in [0.2, 0.25) is 5.91 Å². The summed E-state index contributed by atoms with van der Waals surface area (Å²) in [6, 6.07) is 19.0. The summed E-state index contributed by atoms with van der Waals surface area (Å²) in [7, 11) is 0. The van der Waals surface area contributed by atoms with Crippen molar-refractivity contribution >= 4 is 22.5 Å². The predicted molar refractivity (Wildman–Crippen MR) is 118 cm³/mol. The van der Waals surface area contributed by atoms with Crippen molar-refractivity contribution in [2.75, 3.05) is 24.5 Å². The summed E-state index contributed by atoms with van der Waals surface area (Å²) in [4.78, 5) is 14.6. The third-order valence-electron chi connectivity index (χ3n) is 5.33. The second-order valence-corrected chi connectivity index (χ2v) is 7.22. The molecule has 4 nitrogen and oxygen atoms in total. The molecule has 0 radical (unpaired) electrons. The van der Waals surface area contributed by atoms with Crippen LogP contribution >= 0.6 is 0 Å². The van der Waals surface area contributed by atoms with Gasteiger partial charge in [-0.25, -0.2) is 0 Å². The minimum absolute atomic E-state index is 0.0877. The van der Waals surface area contributed by atoms with Crippen molar-refractivity contribution < 1.29 is 4.79 Å². The Kier molecular flexibility index (Phi) is 6.75. The molecule has 0 aliphatic carbocycles. The first-order valence-electron chi connectivity index (χ1n) is 10.3. The van der Waals surface area contributed by atoms with E-state index in [9.17, 15) is 4.79 Å². The minimum atomic E-state index is 0.0877. The Balaban J connectivity index is 1.46. The number of hydrogen-bond acceptors (Lipinski definition) is 2. The molecular formula is C24H31N3O. The molecule has 0 atom stereocenters. The standard InChI is InChI=1S/C24H31N3O/c1-4-26(5-2)22-13-11-20(12-14-22)18-24(28)25-15-8-16-27-19(3)17-21-9-6-7-10-23(21)27/h6-7,9-14,17H,4-5,8,15-16,18H2,1-3H3,(H,25,28). The topological polar surface area (TPSA) is 37.3 Å². The number of nitrogens with one attached hydrogen (secondary N) is 1. The second-order valence-electron chi connectivity index (χ2n) is 7.22. The van der Waals surface area contributed by atoms with E-state index in [4.69, 9.17) is 0 Å². The summed E-state index contributed by atoms with van der Waals surface area (Å²) in [5.74, 6) is 0.0877. The average Bonchev–Trinajstić information content (AvgIpc) is 3.02. The van der Waals surface area contributed by atoms with Gasteiger partial charge < -0.3 is 14.8 Å². The molecule has 148 valence electrons. The number of fused-ring (bicyclic) bond motifs is 1. The quantitative estimate of drug-likeness (QED) is 0.556. The second kappa shape index (κ2) is 9.45. The first kappa shape index (κ1) is 20.0. The van der Waals surface area contributed by atoms with Gasteiger partial charge in [0.25, 0.3) is 0 Å². The molecule has 4 heteroatoms. The number of rotatable bonds is 9. The Labute approximate surface area is 168 Å². The van der Waals surface area contributed by atoms with Crippen LogP contribution < -0.4 is 10.2 Å². The van der Waals surface area contributed by atoms with Gasteiger partial charge in [0.15, 0.2) is 0 Å². The molecule has 1 aromatic heterocycles. The highest BCUT2D eigenvalue weighted by molar-refractivity contribution is 5.81. The summed E-state index contributed by atoms with van der Waals surface area (Å²) in [6.45, 7) is 10.0. The largest absolute Gasteiger partial charge is 0.372 e.